The Hall–Kier alpha value is -7.98. The van der Waals surface area contributed by atoms with Gasteiger partial charge in [-0.1, -0.05) is 84.9 Å². The number of benzene rings is 7. The molecule has 0 aliphatic carbocycles. The molecular formula is C48H32N2O8. The van der Waals surface area contributed by atoms with Gasteiger partial charge in [0.1, 0.15) is 34.1 Å². The zero-order valence-corrected chi connectivity index (χ0v) is 30.5. The van der Waals surface area contributed by atoms with Gasteiger partial charge in [0.25, 0.3) is 11.8 Å². The molecule has 0 radical (unpaired) electrons. The van der Waals surface area contributed by atoms with Crippen molar-refractivity contribution in [1.82, 2.24) is 10.6 Å². The van der Waals surface area contributed by atoms with Crippen LogP contribution in [-0.4, -0.2) is 34.0 Å². The number of rotatable bonds is 8. The minimum Gasteiger partial charge on any atom is -0.508 e. The fourth-order valence-corrected chi connectivity index (χ4v) is 7.91. The highest BCUT2D eigenvalue weighted by Crippen LogP contribution is 2.45. The predicted molar refractivity (Wildman–Crippen MR) is 213 cm³/mol. The second kappa shape index (κ2) is 13.9. The summed E-state index contributed by atoms with van der Waals surface area (Å²) in [7, 11) is 0. The Morgan fingerprint density at radius 1 is 0.414 bits per heavy atom. The molecule has 2 unspecified atom stereocenters. The molecule has 2 aliphatic rings. The lowest BCUT2D eigenvalue weighted by atomic mass is 9.78. The zero-order valence-electron chi connectivity index (χ0n) is 30.5. The van der Waals surface area contributed by atoms with Crippen molar-refractivity contribution in [3.63, 3.8) is 0 Å². The predicted octanol–water partition coefficient (Wildman–Crippen LogP) is 7.61. The number of hydrogen-bond acceptors (Lipinski definition) is 8. The molecule has 0 aromatic heterocycles. The van der Waals surface area contributed by atoms with Gasteiger partial charge in [-0.05, 0) is 118 Å². The maximum absolute atomic E-state index is 13.2. The lowest BCUT2D eigenvalue weighted by Gasteiger charge is -2.32. The topological polar surface area (TPSA) is 151 Å². The molecule has 4 N–H and O–H groups in total. The number of carbonyl (C=O) groups excluding carboxylic acids is 4. The second-order valence-corrected chi connectivity index (χ2v) is 14.0. The van der Waals surface area contributed by atoms with Crippen LogP contribution in [-0.2, 0) is 11.1 Å². The Morgan fingerprint density at radius 3 is 1.07 bits per heavy atom. The van der Waals surface area contributed by atoms with Crippen molar-refractivity contribution in [2.75, 3.05) is 0 Å². The summed E-state index contributed by atoms with van der Waals surface area (Å²) in [5, 5.41) is 26.2. The average Bonchev–Trinajstić information content (AvgIpc) is 3.73. The molecule has 2 atom stereocenters. The van der Waals surface area contributed by atoms with E-state index in [0.717, 1.165) is 33.4 Å². The molecule has 7 aromatic rings. The Kier molecular flexibility index (Phi) is 8.59. The van der Waals surface area contributed by atoms with Crippen molar-refractivity contribution in [1.29, 1.82) is 0 Å². The van der Waals surface area contributed by atoms with E-state index in [-0.39, 0.29) is 45.9 Å². The van der Waals surface area contributed by atoms with Gasteiger partial charge in [-0.3, -0.25) is 9.59 Å². The Balaban J connectivity index is 0.897. The molecule has 0 bridgehead atoms. The lowest BCUT2D eigenvalue weighted by Crippen LogP contribution is -2.41. The van der Waals surface area contributed by atoms with Gasteiger partial charge in [0.05, 0.1) is 11.1 Å². The van der Waals surface area contributed by atoms with E-state index in [2.05, 4.69) is 10.6 Å². The van der Waals surface area contributed by atoms with Crippen LogP contribution in [0.3, 0.4) is 0 Å². The van der Waals surface area contributed by atoms with E-state index >= 15 is 0 Å². The number of fused-ring (bicyclic) bond motifs is 2. The Bertz CT molecular complexity index is 2560. The van der Waals surface area contributed by atoms with Crippen LogP contribution in [0, 0.1) is 0 Å². The van der Waals surface area contributed by atoms with Crippen LogP contribution in [0.1, 0.15) is 74.8 Å². The number of esters is 2. The molecule has 9 rings (SSSR count). The molecule has 10 heteroatoms. The normalized spacial score (nSPS) is 17.7. The van der Waals surface area contributed by atoms with Crippen LogP contribution in [0.5, 0.6) is 23.0 Å². The summed E-state index contributed by atoms with van der Waals surface area (Å²) in [6.45, 7) is 0. The van der Waals surface area contributed by atoms with Crippen LogP contribution >= 0.6 is 0 Å². The third-order valence-corrected chi connectivity index (χ3v) is 10.7. The molecule has 58 heavy (non-hydrogen) atoms. The monoisotopic (exact) mass is 764 g/mol. The highest BCUT2D eigenvalue weighted by molar-refractivity contribution is 6.02. The zero-order chi connectivity index (χ0) is 40.0. The Morgan fingerprint density at radius 2 is 0.724 bits per heavy atom. The number of phenols is 2. The number of aromatic hydroxyl groups is 2. The molecule has 7 aromatic carbocycles. The fourth-order valence-electron chi connectivity index (χ4n) is 7.91. The molecule has 0 fully saturated rings. The average molecular weight is 765 g/mol. The van der Waals surface area contributed by atoms with Crippen molar-refractivity contribution in [2.45, 2.75) is 11.1 Å². The third-order valence-electron chi connectivity index (χ3n) is 10.7. The van der Waals surface area contributed by atoms with Gasteiger partial charge in [0, 0.05) is 11.1 Å². The SMILES string of the molecule is O=C(Oc1ccc(C2(c3ccc(O)cc3)NC(=O)c3ccccc32)cc1)c1ccc(C(=O)Oc2ccc(C3(c4ccc(O)cc4)NC(=O)c4ccccc43)cc2)cc1. The molecule has 2 aliphatic heterocycles. The summed E-state index contributed by atoms with van der Waals surface area (Å²) in [5.74, 6) is -1.01. The highest BCUT2D eigenvalue weighted by Gasteiger charge is 2.47. The van der Waals surface area contributed by atoms with E-state index in [0.29, 0.717) is 11.1 Å². The summed E-state index contributed by atoms with van der Waals surface area (Å²) in [6, 6.07) is 47.5. The van der Waals surface area contributed by atoms with Crippen LogP contribution in [0.25, 0.3) is 0 Å². The maximum atomic E-state index is 13.2. The number of hydrogen-bond donors (Lipinski definition) is 4. The lowest BCUT2D eigenvalue weighted by molar-refractivity contribution is 0.0720. The van der Waals surface area contributed by atoms with Gasteiger partial charge in [0.15, 0.2) is 0 Å². The molecule has 2 amide bonds. The standard InChI is InChI=1S/C48H32N2O8/c51-35-21-13-31(14-22-35)47(41-7-3-1-5-39(41)43(53)49-47)33-17-25-37(26-18-33)57-45(55)29-9-11-30(12-10-29)46(56)58-38-27-19-34(20-28-38)48(32-15-23-36(52)24-16-32)42-8-4-2-6-40(42)44(54)50-48/h1-28,51-52H,(H,49,53)(H,50,54). The van der Waals surface area contributed by atoms with Crippen molar-refractivity contribution < 1.29 is 38.9 Å². The fraction of sp³-hybridized carbons (Fsp3) is 0.0417. The minimum absolute atomic E-state index is 0.0968. The van der Waals surface area contributed by atoms with Gasteiger partial charge >= 0.3 is 11.9 Å². The molecular weight excluding hydrogens is 733 g/mol. The van der Waals surface area contributed by atoms with Gasteiger partial charge in [-0.25, -0.2) is 9.59 Å². The summed E-state index contributed by atoms with van der Waals surface area (Å²) >= 11 is 0. The number of phenolic OH excluding ortho intramolecular Hbond substituents is 2. The number of nitrogens with one attached hydrogen (secondary N) is 2. The van der Waals surface area contributed by atoms with Gasteiger partial charge in [-0.2, -0.15) is 0 Å². The molecule has 2 heterocycles. The molecule has 282 valence electrons. The van der Waals surface area contributed by atoms with Crippen LogP contribution < -0.4 is 20.1 Å². The summed E-state index contributed by atoms with van der Waals surface area (Å²) in [6.07, 6.45) is 0. The highest BCUT2D eigenvalue weighted by atomic mass is 16.5. The van der Waals surface area contributed by atoms with Gasteiger partial charge < -0.3 is 30.3 Å². The molecule has 0 spiro atoms. The third kappa shape index (κ3) is 5.91. The summed E-state index contributed by atoms with van der Waals surface area (Å²) < 4.78 is 11.3. The minimum atomic E-state index is -1.04. The second-order valence-electron chi connectivity index (χ2n) is 14.0. The first kappa shape index (κ1) is 35.7. The van der Waals surface area contributed by atoms with E-state index in [9.17, 15) is 29.4 Å². The van der Waals surface area contributed by atoms with Crippen molar-refractivity contribution in [3.8, 4) is 23.0 Å². The quantitative estimate of drug-likeness (QED) is 0.0913. The first-order valence-electron chi connectivity index (χ1n) is 18.3. The van der Waals surface area contributed by atoms with Crippen molar-refractivity contribution in [3.05, 3.63) is 225 Å². The maximum Gasteiger partial charge on any atom is 0.343 e. The molecule has 10 nitrogen and oxygen atoms in total. The number of ether oxygens (including phenoxy) is 2. The molecule has 0 saturated heterocycles. The van der Waals surface area contributed by atoms with E-state index in [1.165, 1.54) is 24.3 Å². The van der Waals surface area contributed by atoms with Crippen LogP contribution in [0.4, 0.5) is 0 Å². The van der Waals surface area contributed by atoms with Gasteiger partial charge in [-0.15, -0.1) is 0 Å². The van der Waals surface area contributed by atoms with E-state index in [1.54, 1.807) is 121 Å². The van der Waals surface area contributed by atoms with Crippen molar-refractivity contribution in [2.24, 2.45) is 0 Å². The molecule has 0 saturated carbocycles. The smallest absolute Gasteiger partial charge is 0.343 e. The number of carbonyl (C=O) groups is 4. The number of amides is 2. The largest absolute Gasteiger partial charge is 0.508 e. The van der Waals surface area contributed by atoms with E-state index in [1.807, 2.05) is 24.3 Å². The van der Waals surface area contributed by atoms with Crippen LogP contribution in [0.15, 0.2) is 170 Å². The van der Waals surface area contributed by atoms with E-state index < -0.39 is 23.0 Å². The van der Waals surface area contributed by atoms with Crippen molar-refractivity contribution >= 4 is 23.8 Å². The first-order chi connectivity index (χ1) is 28.2. The van der Waals surface area contributed by atoms with Crippen LogP contribution in [0.2, 0.25) is 0 Å². The summed E-state index contributed by atoms with van der Waals surface area (Å²) in [4.78, 5) is 52.6. The first-order valence-corrected chi connectivity index (χ1v) is 18.3. The Labute approximate surface area is 332 Å². The van der Waals surface area contributed by atoms with Gasteiger partial charge in [0.2, 0.25) is 0 Å². The van der Waals surface area contributed by atoms with E-state index in [4.69, 9.17) is 9.47 Å². The summed E-state index contributed by atoms with van der Waals surface area (Å²) in [5.41, 5.74) is 3.88.